The van der Waals surface area contributed by atoms with Crippen molar-refractivity contribution in [2.24, 2.45) is 5.92 Å². The second kappa shape index (κ2) is 4.13. The number of nitriles is 1. The van der Waals surface area contributed by atoms with Crippen LogP contribution in [0, 0.1) is 31.1 Å². The predicted molar refractivity (Wildman–Crippen MR) is 62.2 cm³/mol. The van der Waals surface area contributed by atoms with E-state index in [1.165, 1.54) is 0 Å². The highest BCUT2D eigenvalue weighted by Gasteiger charge is 2.29. The number of hydrogen-bond acceptors (Lipinski definition) is 2. The normalized spacial score (nSPS) is 24.3. The van der Waals surface area contributed by atoms with Crippen molar-refractivity contribution < 1.29 is 0 Å². The van der Waals surface area contributed by atoms with Gasteiger partial charge in [0.05, 0.1) is 12.0 Å². The summed E-state index contributed by atoms with van der Waals surface area (Å²) in [5.74, 6) is 0.0971. The molecule has 1 saturated carbocycles. The molecule has 1 heterocycles. The maximum Gasteiger partial charge on any atom is 0.182 e. The molecule has 84 valence electrons. The van der Waals surface area contributed by atoms with Crippen LogP contribution in [-0.4, -0.2) is 4.57 Å². The molecule has 1 aromatic rings. The Balaban J connectivity index is 2.48. The molecule has 1 aliphatic rings. The van der Waals surface area contributed by atoms with E-state index in [2.05, 4.69) is 10.6 Å². The molecule has 1 aromatic heterocycles. The predicted octanol–water partition coefficient (Wildman–Crippen LogP) is 2.33. The molecule has 0 bridgehead atoms. The Kier molecular flexibility index (Phi) is 2.82. The van der Waals surface area contributed by atoms with Gasteiger partial charge in [-0.3, -0.25) is 4.79 Å². The van der Waals surface area contributed by atoms with Crippen LogP contribution in [-0.2, 0) is 0 Å². The van der Waals surface area contributed by atoms with Gasteiger partial charge in [0, 0.05) is 29.6 Å². The highest BCUT2D eigenvalue weighted by molar-refractivity contribution is 5.15. The van der Waals surface area contributed by atoms with E-state index in [0.29, 0.717) is 0 Å². The molecule has 0 radical (unpaired) electrons. The summed E-state index contributed by atoms with van der Waals surface area (Å²) in [5, 5.41) is 9.11. The quantitative estimate of drug-likeness (QED) is 0.723. The summed E-state index contributed by atoms with van der Waals surface area (Å²) >= 11 is 0. The van der Waals surface area contributed by atoms with Crippen LogP contribution in [0.3, 0.4) is 0 Å². The molecule has 16 heavy (non-hydrogen) atoms. The highest BCUT2D eigenvalue weighted by Crippen LogP contribution is 2.36. The lowest BCUT2D eigenvalue weighted by Gasteiger charge is -2.23. The van der Waals surface area contributed by atoms with Gasteiger partial charge in [-0.05, 0) is 33.1 Å². The van der Waals surface area contributed by atoms with Gasteiger partial charge in [0.15, 0.2) is 5.43 Å². The zero-order valence-corrected chi connectivity index (χ0v) is 9.73. The number of pyridine rings is 1. The molecule has 0 amide bonds. The van der Waals surface area contributed by atoms with Crippen LogP contribution in [0.2, 0.25) is 0 Å². The third-order valence-corrected chi connectivity index (χ3v) is 3.44. The highest BCUT2D eigenvalue weighted by atomic mass is 16.1. The standard InChI is InChI=1S/C13H16N2O/c1-9-6-12(16)7-10(2)15(9)13-5-3-4-11(13)8-14/h6-7,11,13H,3-5H2,1-2H3. The monoisotopic (exact) mass is 216 g/mol. The molecule has 0 saturated heterocycles. The fourth-order valence-electron chi connectivity index (χ4n) is 2.79. The van der Waals surface area contributed by atoms with Crippen molar-refractivity contribution in [1.29, 1.82) is 5.26 Å². The maximum absolute atomic E-state index is 11.4. The molecule has 0 aliphatic heterocycles. The van der Waals surface area contributed by atoms with Gasteiger partial charge in [0.2, 0.25) is 0 Å². The third-order valence-electron chi connectivity index (χ3n) is 3.44. The Morgan fingerprint density at radius 1 is 1.31 bits per heavy atom. The van der Waals surface area contributed by atoms with Gasteiger partial charge >= 0.3 is 0 Å². The summed E-state index contributed by atoms with van der Waals surface area (Å²) < 4.78 is 2.16. The van der Waals surface area contributed by atoms with Crippen molar-refractivity contribution >= 4 is 0 Å². The number of rotatable bonds is 1. The lowest BCUT2D eigenvalue weighted by molar-refractivity contribution is 0.430. The van der Waals surface area contributed by atoms with E-state index >= 15 is 0 Å². The maximum atomic E-state index is 11.4. The first-order valence-corrected chi connectivity index (χ1v) is 5.73. The van der Waals surface area contributed by atoms with Gasteiger partial charge in [-0.25, -0.2) is 0 Å². The van der Waals surface area contributed by atoms with Gasteiger partial charge in [-0.1, -0.05) is 0 Å². The zero-order chi connectivity index (χ0) is 11.7. The van der Waals surface area contributed by atoms with E-state index in [-0.39, 0.29) is 17.4 Å². The van der Waals surface area contributed by atoms with Crippen molar-refractivity contribution in [3.05, 3.63) is 33.7 Å². The summed E-state index contributed by atoms with van der Waals surface area (Å²) in [5.41, 5.74) is 1.99. The van der Waals surface area contributed by atoms with E-state index in [0.717, 1.165) is 30.7 Å². The molecule has 2 rings (SSSR count). The van der Waals surface area contributed by atoms with Crippen LogP contribution in [0.5, 0.6) is 0 Å². The Morgan fingerprint density at radius 2 is 1.94 bits per heavy atom. The van der Waals surface area contributed by atoms with Gasteiger partial charge in [0.1, 0.15) is 0 Å². The van der Waals surface area contributed by atoms with E-state index in [9.17, 15) is 4.79 Å². The number of hydrogen-bond donors (Lipinski definition) is 0. The summed E-state index contributed by atoms with van der Waals surface area (Å²) in [6.45, 7) is 3.89. The third kappa shape index (κ3) is 1.76. The minimum Gasteiger partial charge on any atom is -0.345 e. The minimum atomic E-state index is 0.0535. The van der Waals surface area contributed by atoms with Crippen LogP contribution in [0.4, 0.5) is 0 Å². The molecule has 0 spiro atoms. The van der Waals surface area contributed by atoms with Gasteiger partial charge < -0.3 is 4.57 Å². The number of nitrogens with zero attached hydrogens (tertiary/aromatic N) is 2. The van der Waals surface area contributed by atoms with Crippen molar-refractivity contribution in [3.8, 4) is 6.07 Å². The van der Waals surface area contributed by atoms with E-state index in [1.54, 1.807) is 12.1 Å². The molecular formula is C13H16N2O. The first kappa shape index (κ1) is 10.9. The van der Waals surface area contributed by atoms with Crippen LogP contribution in [0.25, 0.3) is 0 Å². The smallest absolute Gasteiger partial charge is 0.182 e. The molecule has 1 fully saturated rings. The average Bonchev–Trinajstić information content (AvgIpc) is 2.64. The zero-order valence-electron chi connectivity index (χ0n) is 9.73. The first-order valence-electron chi connectivity index (χ1n) is 5.73. The van der Waals surface area contributed by atoms with Crippen molar-refractivity contribution in [2.75, 3.05) is 0 Å². The molecule has 0 aromatic carbocycles. The molecular weight excluding hydrogens is 200 g/mol. The van der Waals surface area contributed by atoms with Crippen LogP contribution in [0.15, 0.2) is 16.9 Å². The Hall–Kier alpha value is -1.56. The molecule has 2 unspecified atom stereocenters. The summed E-state index contributed by atoms with van der Waals surface area (Å²) in [4.78, 5) is 11.4. The molecule has 3 nitrogen and oxygen atoms in total. The fraction of sp³-hybridized carbons (Fsp3) is 0.538. The number of aryl methyl sites for hydroxylation is 2. The van der Waals surface area contributed by atoms with Gasteiger partial charge in [-0.2, -0.15) is 5.26 Å². The van der Waals surface area contributed by atoms with E-state index < -0.39 is 0 Å². The second-order valence-electron chi connectivity index (χ2n) is 4.58. The minimum absolute atomic E-state index is 0.0535. The van der Waals surface area contributed by atoms with Crippen LogP contribution >= 0.6 is 0 Å². The van der Waals surface area contributed by atoms with Crippen molar-refractivity contribution in [2.45, 2.75) is 39.2 Å². The van der Waals surface area contributed by atoms with E-state index in [1.807, 2.05) is 13.8 Å². The van der Waals surface area contributed by atoms with Crippen LogP contribution in [0.1, 0.15) is 36.7 Å². The largest absolute Gasteiger partial charge is 0.345 e. The lowest BCUT2D eigenvalue weighted by atomic mass is 10.0. The van der Waals surface area contributed by atoms with Crippen LogP contribution < -0.4 is 5.43 Å². The summed E-state index contributed by atoms with van der Waals surface area (Å²) in [6, 6.07) is 5.94. The lowest BCUT2D eigenvalue weighted by Crippen LogP contribution is -2.20. The van der Waals surface area contributed by atoms with E-state index in [4.69, 9.17) is 5.26 Å². The van der Waals surface area contributed by atoms with Crippen molar-refractivity contribution in [3.63, 3.8) is 0 Å². The fourth-order valence-corrected chi connectivity index (χ4v) is 2.79. The Bertz CT molecular complexity index is 469. The topological polar surface area (TPSA) is 45.8 Å². The van der Waals surface area contributed by atoms with Gasteiger partial charge in [-0.15, -0.1) is 0 Å². The Morgan fingerprint density at radius 3 is 2.50 bits per heavy atom. The molecule has 1 aliphatic carbocycles. The Labute approximate surface area is 95.3 Å². The number of aromatic nitrogens is 1. The second-order valence-corrected chi connectivity index (χ2v) is 4.58. The molecule has 0 N–H and O–H groups in total. The van der Waals surface area contributed by atoms with Gasteiger partial charge in [0.25, 0.3) is 0 Å². The average molecular weight is 216 g/mol. The summed E-state index contributed by atoms with van der Waals surface area (Å²) in [7, 11) is 0. The first-order chi connectivity index (χ1) is 7.63. The molecule has 2 atom stereocenters. The summed E-state index contributed by atoms with van der Waals surface area (Å²) in [6.07, 6.45) is 3.13. The van der Waals surface area contributed by atoms with Crippen molar-refractivity contribution in [1.82, 2.24) is 4.57 Å². The molecule has 3 heteroatoms. The SMILES string of the molecule is Cc1cc(=O)cc(C)n1C1CCCC1C#N.